The molecule has 0 aliphatic carbocycles. The first-order valence-corrected chi connectivity index (χ1v) is 15.6. The number of nitrogens with zero attached hydrogens (tertiary/aromatic N) is 1. The summed E-state index contributed by atoms with van der Waals surface area (Å²) in [5, 5.41) is 27.2. The molecular weight excluding hydrogens is 611 g/mol. The van der Waals surface area contributed by atoms with Crippen molar-refractivity contribution >= 4 is 49.5 Å². The molecule has 15 heteroatoms. The lowest BCUT2D eigenvalue weighted by Crippen LogP contribution is -2.51. The Kier molecular flexibility index (Phi) is 16.8. The van der Waals surface area contributed by atoms with Crippen molar-refractivity contribution in [3.63, 3.8) is 0 Å². The average molecular weight is 657 g/mol. The Morgan fingerprint density at radius 3 is 2.51 bits per heavy atom. The first-order chi connectivity index (χ1) is 22.4. The fourth-order valence-corrected chi connectivity index (χ4v) is 4.93. The second-order valence-electron chi connectivity index (χ2n) is 11.5. The van der Waals surface area contributed by atoms with Crippen LogP contribution < -0.4 is 16.0 Å². The zero-order valence-corrected chi connectivity index (χ0v) is 27.1. The van der Waals surface area contributed by atoms with Crippen LogP contribution in [0, 0.1) is 5.92 Å². The van der Waals surface area contributed by atoms with Gasteiger partial charge in [0.1, 0.15) is 6.04 Å². The molecule has 1 aromatic rings. The third-order valence-corrected chi connectivity index (χ3v) is 7.46. The molecule has 4 unspecified atom stereocenters. The molecule has 1 saturated heterocycles. The highest BCUT2D eigenvalue weighted by atomic mass is 16.5. The van der Waals surface area contributed by atoms with Crippen molar-refractivity contribution in [3.8, 4) is 0 Å². The van der Waals surface area contributed by atoms with Gasteiger partial charge in [0.2, 0.25) is 24.1 Å². The molecule has 0 spiro atoms. The maximum Gasteiger partial charge on any atom is 0.332 e. The molecule has 1 aliphatic heterocycles. The summed E-state index contributed by atoms with van der Waals surface area (Å²) in [6.07, 6.45) is 2.39. The van der Waals surface area contributed by atoms with Gasteiger partial charge in [0.05, 0.1) is 46.4 Å². The average Bonchev–Trinajstić information content (AvgIpc) is 3.02. The normalized spacial score (nSPS) is 18.4. The fraction of sp³-hybridized carbons (Fsp3) is 0.562. The lowest BCUT2D eigenvalue weighted by Gasteiger charge is -2.31. The van der Waals surface area contributed by atoms with Crippen molar-refractivity contribution in [2.75, 3.05) is 31.6 Å². The molecule has 1 heterocycles. The number of benzene rings is 1. The number of nitrogens with one attached hydrogen (secondary N) is 3. The Morgan fingerprint density at radius 2 is 1.87 bits per heavy atom. The van der Waals surface area contributed by atoms with Gasteiger partial charge in [-0.25, -0.2) is 4.79 Å². The van der Waals surface area contributed by atoms with E-state index in [0.717, 1.165) is 16.0 Å². The molecule has 2 radical (unpaired) electrons. The molecule has 0 saturated carbocycles. The zero-order valence-electron chi connectivity index (χ0n) is 27.1. The molecule has 14 nitrogen and oxygen atoms in total. The molecule has 47 heavy (non-hydrogen) atoms. The van der Waals surface area contributed by atoms with E-state index in [9.17, 15) is 39.0 Å². The summed E-state index contributed by atoms with van der Waals surface area (Å²) in [6, 6.07) is 4.31. The Bertz CT molecular complexity index is 1270. The number of aryl methyl sites for hydroxylation is 1. The van der Waals surface area contributed by atoms with Crippen LogP contribution in [-0.4, -0.2) is 110 Å². The largest absolute Gasteiger partial charge is 0.479 e. The first-order valence-electron chi connectivity index (χ1n) is 15.6. The molecule has 0 bridgehead atoms. The number of anilines is 1. The van der Waals surface area contributed by atoms with Crippen molar-refractivity contribution in [2.45, 2.75) is 83.5 Å². The number of aliphatic hydroxyl groups excluding tert-OH is 1. The summed E-state index contributed by atoms with van der Waals surface area (Å²) >= 11 is 0. The number of aliphatic carboxylic acids is 1. The number of imide groups is 1. The molecule has 5 amide bonds. The van der Waals surface area contributed by atoms with Gasteiger partial charge in [0.25, 0.3) is 5.91 Å². The molecule has 1 aromatic carbocycles. The number of allylic oxidation sites excluding steroid dienone is 1. The highest BCUT2D eigenvalue weighted by Crippen LogP contribution is 2.25. The maximum absolute atomic E-state index is 12.8. The third-order valence-electron chi connectivity index (χ3n) is 7.46. The minimum absolute atomic E-state index is 0.00853. The SMILES string of the molecule is [B]Cc1ccc(NC(=O)CNC(=O)C(NC(=O)CCOCCN(C=O)C(=O)/C=C\C)C(C)C)cc1CCC1CC(O)CC(C(=O)O)O1. The Balaban J connectivity index is 1.83. The summed E-state index contributed by atoms with van der Waals surface area (Å²) in [5.41, 5.74) is 2.14. The van der Waals surface area contributed by atoms with Crippen molar-refractivity contribution < 1.29 is 48.5 Å². The summed E-state index contributed by atoms with van der Waals surface area (Å²) in [5.74, 6) is -3.35. The number of amides is 5. The monoisotopic (exact) mass is 656 g/mol. The molecule has 1 aliphatic rings. The quantitative estimate of drug-likeness (QED) is 0.0603. The Labute approximate surface area is 276 Å². The van der Waals surface area contributed by atoms with Crippen LogP contribution >= 0.6 is 0 Å². The van der Waals surface area contributed by atoms with E-state index in [0.29, 0.717) is 31.4 Å². The van der Waals surface area contributed by atoms with Crippen molar-refractivity contribution in [1.29, 1.82) is 0 Å². The summed E-state index contributed by atoms with van der Waals surface area (Å²) in [6.45, 7) is 4.88. The maximum atomic E-state index is 12.8. The molecule has 4 atom stereocenters. The van der Waals surface area contributed by atoms with Gasteiger partial charge in [0, 0.05) is 18.5 Å². The number of carbonyl (C=O) groups is 6. The van der Waals surface area contributed by atoms with E-state index in [1.165, 1.54) is 12.2 Å². The van der Waals surface area contributed by atoms with E-state index in [-0.39, 0.29) is 51.4 Å². The van der Waals surface area contributed by atoms with Crippen LogP contribution in [0.4, 0.5) is 5.69 Å². The van der Waals surface area contributed by atoms with Crippen LogP contribution in [-0.2, 0) is 51.0 Å². The molecule has 0 aromatic heterocycles. The summed E-state index contributed by atoms with van der Waals surface area (Å²) in [4.78, 5) is 73.0. The topological polar surface area (TPSA) is 201 Å². The minimum Gasteiger partial charge on any atom is -0.479 e. The van der Waals surface area contributed by atoms with Crippen LogP contribution in [0.5, 0.6) is 0 Å². The second-order valence-corrected chi connectivity index (χ2v) is 11.5. The predicted molar refractivity (Wildman–Crippen MR) is 172 cm³/mol. The van der Waals surface area contributed by atoms with E-state index >= 15 is 0 Å². The molecular formula is C32H45BN4O10. The van der Waals surface area contributed by atoms with Gasteiger partial charge in [-0.05, 0) is 55.9 Å². The summed E-state index contributed by atoms with van der Waals surface area (Å²) in [7, 11) is 5.89. The van der Waals surface area contributed by atoms with Crippen LogP contribution in [0.15, 0.2) is 30.4 Å². The Morgan fingerprint density at radius 1 is 1.13 bits per heavy atom. The second kappa shape index (κ2) is 20.2. The Hall–Kier alpha value is -4.08. The van der Waals surface area contributed by atoms with E-state index in [1.807, 2.05) is 0 Å². The van der Waals surface area contributed by atoms with Gasteiger partial charge < -0.3 is 35.6 Å². The van der Waals surface area contributed by atoms with Crippen LogP contribution in [0.1, 0.15) is 57.6 Å². The van der Waals surface area contributed by atoms with Gasteiger partial charge in [-0.2, -0.15) is 0 Å². The van der Waals surface area contributed by atoms with Gasteiger partial charge >= 0.3 is 5.97 Å². The number of carboxylic acids is 1. The highest BCUT2D eigenvalue weighted by molar-refractivity contribution is 6.08. The molecule has 1 fully saturated rings. The van der Waals surface area contributed by atoms with Crippen molar-refractivity contribution in [3.05, 3.63) is 41.5 Å². The number of rotatable bonds is 19. The number of hydrogen-bond acceptors (Lipinski definition) is 9. The first kappa shape index (κ1) is 39.1. The fourth-order valence-electron chi connectivity index (χ4n) is 4.93. The van der Waals surface area contributed by atoms with Crippen LogP contribution in [0.25, 0.3) is 0 Å². The predicted octanol–water partition coefficient (Wildman–Crippen LogP) is 0.444. The third kappa shape index (κ3) is 13.7. The van der Waals surface area contributed by atoms with Gasteiger partial charge in [-0.15, -0.1) is 0 Å². The number of carbonyl (C=O) groups excluding carboxylic acids is 5. The van der Waals surface area contributed by atoms with Crippen molar-refractivity contribution in [2.24, 2.45) is 5.92 Å². The molecule has 256 valence electrons. The highest BCUT2D eigenvalue weighted by Gasteiger charge is 2.32. The summed E-state index contributed by atoms with van der Waals surface area (Å²) < 4.78 is 11.0. The van der Waals surface area contributed by atoms with Gasteiger partial charge in [0.15, 0.2) is 6.10 Å². The van der Waals surface area contributed by atoms with E-state index in [2.05, 4.69) is 16.0 Å². The number of hydrogen-bond donors (Lipinski definition) is 5. The van der Waals surface area contributed by atoms with Crippen LogP contribution in [0.2, 0.25) is 0 Å². The molecule has 5 N–H and O–H groups in total. The lowest BCUT2D eigenvalue weighted by molar-refractivity contribution is -0.166. The van der Waals surface area contributed by atoms with Crippen LogP contribution in [0.3, 0.4) is 0 Å². The van der Waals surface area contributed by atoms with E-state index < -0.39 is 54.0 Å². The van der Waals surface area contributed by atoms with E-state index in [1.54, 1.807) is 39.0 Å². The standard InChI is InChI=1S/C32H45BN4O10/c1-4-5-29(42)37(19-38)11-13-46-12-10-27(40)36-30(20(2)3)31(43)34-18-28(41)35-23-8-6-22(17-33)21(14-23)7-9-25-15-24(39)16-26(47-25)32(44)45/h4-6,8,14,19-20,24-26,30,39H,7,9-13,15-18H2,1-3H3,(H,34,43)(H,35,41)(H,36,40)(H,44,45)/b5-4-. The smallest absolute Gasteiger partial charge is 0.332 e. The van der Waals surface area contributed by atoms with E-state index in [4.69, 9.17) is 17.3 Å². The zero-order chi connectivity index (χ0) is 34.9. The van der Waals surface area contributed by atoms with Crippen molar-refractivity contribution in [1.82, 2.24) is 15.5 Å². The number of carboxylic acid groups (broad SMARTS) is 1. The van der Waals surface area contributed by atoms with Gasteiger partial charge in [-0.3, -0.25) is 28.9 Å². The number of ether oxygens (including phenoxy) is 2. The number of aliphatic hydroxyl groups is 1. The molecule has 2 rings (SSSR count). The minimum atomic E-state index is -1.11. The lowest BCUT2D eigenvalue weighted by atomic mass is 9.89. The van der Waals surface area contributed by atoms with Gasteiger partial charge in [-0.1, -0.05) is 37.9 Å².